The van der Waals surface area contributed by atoms with Gasteiger partial charge in [0, 0.05) is 5.39 Å². The number of halogens is 3. The zero-order valence-electron chi connectivity index (χ0n) is 8.74. The number of nitrogens with two attached hydrogens (primary N) is 1. The van der Waals surface area contributed by atoms with Gasteiger partial charge in [-0.2, -0.15) is 5.10 Å². The SMILES string of the molecule is Nc1nn(CCOC(F)(F)F)c2ccccc12. The van der Waals surface area contributed by atoms with Gasteiger partial charge in [-0.05, 0) is 12.1 Å². The second-order valence-electron chi connectivity index (χ2n) is 3.42. The van der Waals surface area contributed by atoms with Crippen LogP contribution in [0.2, 0.25) is 0 Å². The summed E-state index contributed by atoms with van der Waals surface area (Å²) in [5.41, 5.74) is 6.33. The van der Waals surface area contributed by atoms with Gasteiger partial charge in [0.25, 0.3) is 0 Å². The Labute approximate surface area is 94.8 Å². The Morgan fingerprint density at radius 3 is 2.71 bits per heavy atom. The van der Waals surface area contributed by atoms with Gasteiger partial charge < -0.3 is 5.73 Å². The minimum absolute atomic E-state index is 0.00275. The molecule has 92 valence electrons. The van der Waals surface area contributed by atoms with Crippen molar-refractivity contribution < 1.29 is 17.9 Å². The lowest BCUT2D eigenvalue weighted by Crippen LogP contribution is -2.17. The summed E-state index contributed by atoms with van der Waals surface area (Å²) in [6.07, 6.45) is -4.62. The van der Waals surface area contributed by atoms with Gasteiger partial charge in [-0.25, -0.2) is 0 Å². The van der Waals surface area contributed by atoms with Crippen LogP contribution in [0, 0.1) is 0 Å². The van der Waals surface area contributed by atoms with Crippen molar-refractivity contribution in [3.8, 4) is 0 Å². The van der Waals surface area contributed by atoms with Gasteiger partial charge in [0.05, 0.1) is 18.7 Å². The lowest BCUT2D eigenvalue weighted by Gasteiger charge is -2.07. The van der Waals surface area contributed by atoms with Crippen LogP contribution in [0.25, 0.3) is 10.9 Å². The molecule has 0 atom stereocenters. The standard InChI is InChI=1S/C10H10F3N3O/c11-10(12,13)17-6-5-16-8-4-2-1-3-7(8)9(14)15-16/h1-4H,5-6H2,(H2,14,15). The van der Waals surface area contributed by atoms with Gasteiger partial charge in [-0.1, -0.05) is 12.1 Å². The highest BCUT2D eigenvalue weighted by Gasteiger charge is 2.28. The molecule has 17 heavy (non-hydrogen) atoms. The number of para-hydroxylation sites is 1. The summed E-state index contributed by atoms with van der Waals surface area (Å²) in [7, 11) is 0. The molecule has 0 amide bonds. The van der Waals surface area contributed by atoms with Gasteiger partial charge in [0.2, 0.25) is 0 Å². The highest BCUT2D eigenvalue weighted by Crippen LogP contribution is 2.20. The first-order chi connectivity index (χ1) is 7.97. The molecule has 2 rings (SSSR count). The molecular weight excluding hydrogens is 235 g/mol. The van der Waals surface area contributed by atoms with Gasteiger partial charge in [0.1, 0.15) is 0 Å². The fourth-order valence-electron chi connectivity index (χ4n) is 1.57. The molecule has 7 heteroatoms. The molecule has 0 radical (unpaired) electrons. The maximum Gasteiger partial charge on any atom is 0.522 e. The van der Waals surface area contributed by atoms with Crippen LogP contribution in [0.4, 0.5) is 19.0 Å². The highest BCUT2D eigenvalue weighted by atomic mass is 19.4. The van der Waals surface area contributed by atoms with E-state index < -0.39 is 13.0 Å². The minimum atomic E-state index is -4.62. The Balaban J connectivity index is 2.14. The lowest BCUT2D eigenvalue weighted by atomic mass is 10.2. The molecule has 1 heterocycles. The third-order valence-electron chi connectivity index (χ3n) is 2.26. The van der Waals surface area contributed by atoms with Crippen LogP contribution < -0.4 is 5.73 Å². The first-order valence-electron chi connectivity index (χ1n) is 4.89. The average Bonchev–Trinajstić information content (AvgIpc) is 2.55. The second kappa shape index (κ2) is 4.25. The van der Waals surface area contributed by atoms with E-state index in [2.05, 4.69) is 9.84 Å². The summed E-state index contributed by atoms with van der Waals surface area (Å²) in [6, 6.07) is 7.06. The Morgan fingerprint density at radius 2 is 2.00 bits per heavy atom. The van der Waals surface area contributed by atoms with Crippen LogP contribution >= 0.6 is 0 Å². The van der Waals surface area contributed by atoms with E-state index in [1.54, 1.807) is 24.3 Å². The molecule has 1 aromatic heterocycles. The highest BCUT2D eigenvalue weighted by molar-refractivity contribution is 5.88. The van der Waals surface area contributed by atoms with Crippen molar-refractivity contribution in [2.45, 2.75) is 12.9 Å². The van der Waals surface area contributed by atoms with Gasteiger partial charge in [0.15, 0.2) is 5.82 Å². The van der Waals surface area contributed by atoms with Gasteiger partial charge in [-0.15, -0.1) is 13.2 Å². The summed E-state index contributed by atoms with van der Waals surface area (Å²) >= 11 is 0. The van der Waals surface area contributed by atoms with Crippen molar-refractivity contribution in [1.82, 2.24) is 9.78 Å². The molecule has 0 aliphatic carbocycles. The Kier molecular flexibility index (Phi) is 2.93. The predicted molar refractivity (Wildman–Crippen MR) is 56.2 cm³/mol. The fourth-order valence-corrected chi connectivity index (χ4v) is 1.57. The van der Waals surface area contributed by atoms with Crippen molar-refractivity contribution in [1.29, 1.82) is 0 Å². The van der Waals surface area contributed by atoms with Crippen molar-refractivity contribution in [3.05, 3.63) is 24.3 Å². The van der Waals surface area contributed by atoms with E-state index in [0.29, 0.717) is 11.3 Å². The normalized spacial score (nSPS) is 12.2. The topological polar surface area (TPSA) is 53.1 Å². The molecule has 0 aliphatic rings. The number of benzene rings is 1. The van der Waals surface area contributed by atoms with Crippen LogP contribution in [0.15, 0.2) is 24.3 Å². The number of hydrogen-bond donors (Lipinski definition) is 1. The summed E-state index contributed by atoms with van der Waals surface area (Å²) < 4.78 is 40.5. The van der Waals surface area contributed by atoms with Crippen molar-refractivity contribution in [3.63, 3.8) is 0 Å². The number of anilines is 1. The largest absolute Gasteiger partial charge is 0.522 e. The van der Waals surface area contributed by atoms with E-state index >= 15 is 0 Å². The minimum Gasteiger partial charge on any atom is -0.382 e. The van der Waals surface area contributed by atoms with Crippen LogP contribution in [0.1, 0.15) is 0 Å². The molecule has 0 bridgehead atoms. The lowest BCUT2D eigenvalue weighted by molar-refractivity contribution is -0.325. The zero-order chi connectivity index (χ0) is 12.5. The van der Waals surface area contributed by atoms with E-state index in [9.17, 15) is 13.2 Å². The molecule has 4 nitrogen and oxygen atoms in total. The Morgan fingerprint density at radius 1 is 1.29 bits per heavy atom. The monoisotopic (exact) mass is 245 g/mol. The number of nitrogen functional groups attached to an aromatic ring is 1. The van der Waals surface area contributed by atoms with Crippen LogP contribution in [0.5, 0.6) is 0 Å². The summed E-state index contributed by atoms with van der Waals surface area (Å²) in [4.78, 5) is 0. The van der Waals surface area contributed by atoms with Crippen LogP contribution in [0.3, 0.4) is 0 Å². The molecule has 0 saturated carbocycles. The van der Waals surface area contributed by atoms with Crippen LogP contribution in [-0.4, -0.2) is 22.7 Å². The Hall–Kier alpha value is -1.76. The van der Waals surface area contributed by atoms with E-state index in [1.807, 2.05) is 0 Å². The number of alkyl halides is 3. The number of rotatable bonds is 3. The number of nitrogens with zero attached hydrogens (tertiary/aromatic N) is 2. The first kappa shape index (κ1) is 11.7. The maximum atomic E-state index is 11.8. The Bertz CT molecular complexity index is 521. The van der Waals surface area contributed by atoms with Crippen molar-refractivity contribution in [2.75, 3.05) is 12.3 Å². The summed E-state index contributed by atoms with van der Waals surface area (Å²) in [6.45, 7) is -0.494. The fraction of sp³-hybridized carbons (Fsp3) is 0.300. The molecule has 0 saturated heterocycles. The molecule has 0 aliphatic heterocycles. The molecule has 2 N–H and O–H groups in total. The second-order valence-corrected chi connectivity index (χ2v) is 3.42. The molecule has 0 unspecified atom stereocenters. The van der Waals surface area contributed by atoms with Gasteiger partial charge in [-0.3, -0.25) is 9.42 Å². The van der Waals surface area contributed by atoms with E-state index in [0.717, 1.165) is 5.39 Å². The van der Waals surface area contributed by atoms with E-state index in [1.165, 1.54) is 4.68 Å². The predicted octanol–water partition coefficient (Wildman–Crippen LogP) is 2.15. The first-order valence-corrected chi connectivity index (χ1v) is 4.89. The number of aromatic nitrogens is 2. The van der Waals surface area contributed by atoms with E-state index in [-0.39, 0.29) is 6.54 Å². The maximum absolute atomic E-state index is 11.8. The quantitative estimate of drug-likeness (QED) is 0.901. The molecular formula is C10H10F3N3O. The van der Waals surface area contributed by atoms with Gasteiger partial charge >= 0.3 is 6.36 Å². The third kappa shape index (κ3) is 2.68. The van der Waals surface area contributed by atoms with Crippen molar-refractivity contribution in [2.24, 2.45) is 0 Å². The molecule has 0 spiro atoms. The smallest absolute Gasteiger partial charge is 0.382 e. The zero-order valence-corrected chi connectivity index (χ0v) is 8.74. The van der Waals surface area contributed by atoms with Crippen molar-refractivity contribution >= 4 is 16.7 Å². The number of hydrogen-bond acceptors (Lipinski definition) is 3. The molecule has 0 fully saturated rings. The molecule has 1 aromatic carbocycles. The number of fused-ring (bicyclic) bond motifs is 1. The van der Waals surface area contributed by atoms with E-state index in [4.69, 9.17) is 5.73 Å². The average molecular weight is 245 g/mol. The molecule has 2 aromatic rings. The third-order valence-corrected chi connectivity index (χ3v) is 2.26. The summed E-state index contributed by atoms with van der Waals surface area (Å²) in [5, 5.41) is 4.68. The summed E-state index contributed by atoms with van der Waals surface area (Å²) in [5.74, 6) is 0.299. The van der Waals surface area contributed by atoms with Crippen LogP contribution in [-0.2, 0) is 11.3 Å². The number of ether oxygens (including phenoxy) is 1.